The molecule has 1 heterocycles. The normalized spacial score (nSPS) is 21.2. The Morgan fingerprint density at radius 3 is 2.57 bits per heavy atom. The minimum absolute atomic E-state index is 0.0629. The van der Waals surface area contributed by atoms with Crippen LogP contribution in [-0.2, 0) is 14.6 Å². The molecule has 1 fully saturated rings. The van der Waals surface area contributed by atoms with Crippen molar-refractivity contribution in [1.82, 2.24) is 5.43 Å². The summed E-state index contributed by atoms with van der Waals surface area (Å²) in [5, 5.41) is 13.3. The molecule has 1 amide bonds. The highest BCUT2D eigenvalue weighted by molar-refractivity contribution is 7.91. The molecule has 1 atom stereocenters. The summed E-state index contributed by atoms with van der Waals surface area (Å²) in [5.41, 5.74) is 3.92. The molecule has 0 aliphatic carbocycles. The third-order valence-electron chi connectivity index (χ3n) is 3.44. The summed E-state index contributed by atoms with van der Waals surface area (Å²) in [6, 6.07) is 6.52. The van der Waals surface area contributed by atoms with Gasteiger partial charge in [-0.3, -0.25) is 4.79 Å². The van der Waals surface area contributed by atoms with Gasteiger partial charge in [0.25, 0.3) is 0 Å². The first-order valence-electron chi connectivity index (χ1n) is 6.77. The molecule has 1 aliphatic heterocycles. The molecule has 0 bridgehead atoms. The van der Waals surface area contributed by atoms with Gasteiger partial charge in [0.05, 0.1) is 23.1 Å². The van der Waals surface area contributed by atoms with Crippen LogP contribution < -0.4 is 5.43 Å². The highest BCUT2D eigenvalue weighted by atomic mass is 32.2. The Labute approximate surface area is 123 Å². The molecule has 0 unspecified atom stereocenters. The molecule has 0 saturated carbocycles. The number of benzene rings is 1. The number of nitrogens with one attached hydrogen (secondary N) is 1. The molecule has 7 heteroatoms. The van der Waals surface area contributed by atoms with E-state index in [2.05, 4.69) is 10.5 Å². The lowest BCUT2D eigenvalue weighted by Gasteiger charge is -2.08. The zero-order valence-corrected chi connectivity index (χ0v) is 12.6. The summed E-state index contributed by atoms with van der Waals surface area (Å²) in [6.45, 7) is 1.90. The van der Waals surface area contributed by atoms with Gasteiger partial charge in [0.15, 0.2) is 9.84 Å². The maximum absolute atomic E-state index is 11.9. The fourth-order valence-corrected chi connectivity index (χ4v) is 3.96. The molecule has 2 N–H and O–H groups in total. The van der Waals surface area contributed by atoms with Crippen LogP contribution in [0.5, 0.6) is 5.75 Å². The van der Waals surface area contributed by atoms with E-state index in [0.717, 1.165) is 5.56 Å². The molecular formula is C14H18N2O4S. The lowest BCUT2D eigenvalue weighted by molar-refractivity contribution is -0.124. The predicted molar refractivity (Wildman–Crippen MR) is 79.8 cm³/mol. The van der Waals surface area contributed by atoms with Gasteiger partial charge in [0, 0.05) is 0 Å². The Balaban J connectivity index is 2.04. The number of nitrogens with zero attached hydrogens (tertiary/aromatic N) is 1. The maximum atomic E-state index is 11.9. The minimum atomic E-state index is -3.08. The van der Waals surface area contributed by atoms with E-state index in [-0.39, 0.29) is 23.2 Å². The van der Waals surface area contributed by atoms with Gasteiger partial charge in [-0.2, -0.15) is 5.10 Å². The Bertz CT molecular complexity index is 650. The maximum Gasteiger partial charge on any atom is 0.244 e. The van der Waals surface area contributed by atoms with E-state index < -0.39 is 15.8 Å². The van der Waals surface area contributed by atoms with Crippen molar-refractivity contribution in [3.05, 3.63) is 29.8 Å². The Hall–Kier alpha value is -1.89. The van der Waals surface area contributed by atoms with Crippen molar-refractivity contribution >= 4 is 21.5 Å². The number of phenols is 1. The smallest absolute Gasteiger partial charge is 0.244 e. The van der Waals surface area contributed by atoms with Crippen LogP contribution in [0.25, 0.3) is 0 Å². The van der Waals surface area contributed by atoms with Crippen LogP contribution in [0.15, 0.2) is 29.4 Å². The van der Waals surface area contributed by atoms with Crippen molar-refractivity contribution < 1.29 is 18.3 Å². The SMILES string of the molecule is CC/C(=N\NC(=O)[C@@H]1CCS(=O)(=O)C1)c1ccc(O)cc1. The van der Waals surface area contributed by atoms with E-state index in [4.69, 9.17) is 0 Å². The van der Waals surface area contributed by atoms with Gasteiger partial charge >= 0.3 is 0 Å². The predicted octanol–water partition coefficient (Wildman–Crippen LogP) is 1.06. The molecule has 0 spiro atoms. The van der Waals surface area contributed by atoms with Gasteiger partial charge in [0.2, 0.25) is 5.91 Å². The molecule has 2 rings (SSSR count). The van der Waals surface area contributed by atoms with Crippen LogP contribution >= 0.6 is 0 Å². The van der Waals surface area contributed by atoms with Crippen LogP contribution in [0.3, 0.4) is 0 Å². The number of sulfone groups is 1. The largest absolute Gasteiger partial charge is 0.508 e. The summed E-state index contributed by atoms with van der Waals surface area (Å²) in [4.78, 5) is 11.9. The molecule has 114 valence electrons. The molecule has 21 heavy (non-hydrogen) atoms. The molecule has 1 aromatic carbocycles. The number of aromatic hydroxyl groups is 1. The van der Waals surface area contributed by atoms with E-state index in [0.29, 0.717) is 18.6 Å². The number of carbonyl (C=O) groups is 1. The van der Waals surface area contributed by atoms with E-state index in [1.165, 1.54) is 0 Å². The number of phenolic OH excluding ortho intramolecular Hbond substituents is 1. The molecule has 0 aromatic heterocycles. The van der Waals surface area contributed by atoms with Crippen LogP contribution in [0, 0.1) is 5.92 Å². The average molecular weight is 310 g/mol. The second kappa shape index (κ2) is 6.26. The van der Waals surface area contributed by atoms with Crippen molar-refractivity contribution in [3.8, 4) is 5.75 Å². The van der Waals surface area contributed by atoms with E-state index in [9.17, 15) is 18.3 Å². The number of hydrazone groups is 1. The van der Waals surface area contributed by atoms with E-state index >= 15 is 0 Å². The molecular weight excluding hydrogens is 292 g/mol. The molecule has 1 saturated heterocycles. The van der Waals surface area contributed by atoms with Crippen molar-refractivity contribution in [1.29, 1.82) is 0 Å². The standard InChI is InChI=1S/C14H18N2O4S/c1-2-13(10-3-5-12(17)6-4-10)15-16-14(18)11-7-8-21(19,20)9-11/h3-6,11,17H,2,7-9H2,1H3,(H,16,18)/b15-13+/t11-/m1/s1. The first-order chi connectivity index (χ1) is 9.91. The summed E-state index contributed by atoms with van der Waals surface area (Å²) in [6.07, 6.45) is 0.957. The molecule has 0 radical (unpaired) electrons. The molecule has 1 aromatic rings. The lowest BCUT2D eigenvalue weighted by Crippen LogP contribution is -2.28. The monoisotopic (exact) mass is 310 g/mol. The van der Waals surface area contributed by atoms with Crippen LogP contribution in [0.2, 0.25) is 0 Å². The van der Waals surface area contributed by atoms with E-state index in [1.807, 2.05) is 6.92 Å². The fourth-order valence-electron chi connectivity index (χ4n) is 2.22. The number of rotatable bonds is 4. The van der Waals surface area contributed by atoms with Crippen molar-refractivity contribution in [2.24, 2.45) is 11.0 Å². The topological polar surface area (TPSA) is 95.8 Å². The quantitative estimate of drug-likeness (QED) is 0.642. The zero-order chi connectivity index (χ0) is 15.5. The van der Waals surface area contributed by atoms with Gasteiger partial charge in [0.1, 0.15) is 5.75 Å². The highest BCUT2D eigenvalue weighted by Gasteiger charge is 2.32. The third kappa shape index (κ3) is 4.04. The van der Waals surface area contributed by atoms with Gasteiger partial charge in [-0.1, -0.05) is 6.92 Å². The van der Waals surface area contributed by atoms with Gasteiger partial charge in [-0.05, 0) is 42.7 Å². The summed E-state index contributed by atoms with van der Waals surface area (Å²) in [5.74, 6) is -0.755. The van der Waals surface area contributed by atoms with Crippen LogP contribution in [0.4, 0.5) is 0 Å². The Morgan fingerprint density at radius 1 is 1.38 bits per heavy atom. The number of carbonyl (C=O) groups excluding carboxylic acids is 1. The lowest BCUT2D eigenvalue weighted by atomic mass is 10.1. The third-order valence-corrected chi connectivity index (χ3v) is 5.21. The fraction of sp³-hybridized carbons (Fsp3) is 0.429. The number of hydrogen-bond acceptors (Lipinski definition) is 5. The average Bonchev–Trinajstić information content (AvgIpc) is 2.81. The van der Waals surface area contributed by atoms with E-state index in [1.54, 1.807) is 24.3 Å². The molecule has 6 nitrogen and oxygen atoms in total. The van der Waals surface area contributed by atoms with Crippen molar-refractivity contribution in [2.45, 2.75) is 19.8 Å². The van der Waals surface area contributed by atoms with Crippen molar-refractivity contribution in [2.75, 3.05) is 11.5 Å². The number of hydrogen-bond donors (Lipinski definition) is 2. The highest BCUT2D eigenvalue weighted by Crippen LogP contribution is 2.18. The first-order valence-corrected chi connectivity index (χ1v) is 8.59. The Morgan fingerprint density at radius 2 is 2.05 bits per heavy atom. The Kier molecular flexibility index (Phi) is 4.62. The van der Waals surface area contributed by atoms with Crippen LogP contribution in [0.1, 0.15) is 25.3 Å². The van der Waals surface area contributed by atoms with Crippen LogP contribution in [-0.4, -0.2) is 36.6 Å². The summed E-state index contributed by atoms with van der Waals surface area (Å²) in [7, 11) is -3.08. The number of amides is 1. The van der Waals surface area contributed by atoms with Crippen molar-refractivity contribution in [3.63, 3.8) is 0 Å². The minimum Gasteiger partial charge on any atom is -0.508 e. The molecule has 1 aliphatic rings. The first kappa shape index (κ1) is 15.5. The zero-order valence-electron chi connectivity index (χ0n) is 11.7. The second-order valence-corrected chi connectivity index (χ2v) is 7.26. The van der Waals surface area contributed by atoms with Gasteiger partial charge < -0.3 is 5.11 Å². The van der Waals surface area contributed by atoms with Gasteiger partial charge in [-0.15, -0.1) is 0 Å². The van der Waals surface area contributed by atoms with Gasteiger partial charge in [-0.25, -0.2) is 13.8 Å². The summed E-state index contributed by atoms with van der Waals surface area (Å²) >= 11 is 0. The second-order valence-electron chi connectivity index (χ2n) is 5.03. The summed E-state index contributed by atoms with van der Waals surface area (Å²) < 4.78 is 22.7.